The minimum absolute atomic E-state index is 0.0589. The first-order valence-electron chi connectivity index (χ1n) is 8.19. The molecule has 2 rings (SSSR count). The van der Waals surface area contributed by atoms with E-state index in [9.17, 15) is 14.4 Å². The highest BCUT2D eigenvalue weighted by molar-refractivity contribution is 5.94. The molecule has 1 N–H and O–H groups in total. The van der Waals surface area contributed by atoms with E-state index < -0.39 is 0 Å². The number of amides is 2. The van der Waals surface area contributed by atoms with Gasteiger partial charge in [-0.15, -0.1) is 0 Å². The average Bonchev–Trinajstić information content (AvgIpc) is 2.60. The van der Waals surface area contributed by atoms with Gasteiger partial charge in [-0.3, -0.25) is 14.4 Å². The van der Waals surface area contributed by atoms with Gasteiger partial charge in [0.2, 0.25) is 5.91 Å². The molecule has 7 heteroatoms. The van der Waals surface area contributed by atoms with E-state index in [1.807, 2.05) is 0 Å². The fraction of sp³-hybridized carbons (Fsp3) is 0.588. The number of rotatable bonds is 5. The Labute approximate surface area is 141 Å². The first-order chi connectivity index (χ1) is 11.5. The number of carbonyl (C=O) groups excluding carboxylic acids is 2. The molecule has 1 aliphatic rings. The second-order valence-electron chi connectivity index (χ2n) is 6.06. The molecular weight excluding hydrogens is 310 g/mol. The Balaban J connectivity index is 2.22. The van der Waals surface area contributed by atoms with Gasteiger partial charge in [0.25, 0.3) is 11.5 Å². The van der Waals surface area contributed by atoms with Crippen LogP contribution in [0.1, 0.15) is 36.0 Å². The second-order valence-corrected chi connectivity index (χ2v) is 6.06. The second kappa shape index (κ2) is 8.10. The summed E-state index contributed by atoms with van der Waals surface area (Å²) in [5.41, 5.74) is 0.155. The monoisotopic (exact) mass is 335 g/mol. The summed E-state index contributed by atoms with van der Waals surface area (Å²) in [6, 6.07) is 2.84. The summed E-state index contributed by atoms with van der Waals surface area (Å²) in [4.78, 5) is 38.0. The molecule has 0 radical (unpaired) electrons. The predicted octanol–water partition coefficient (Wildman–Crippen LogP) is 0.531. The van der Waals surface area contributed by atoms with Crippen molar-refractivity contribution in [3.63, 3.8) is 0 Å². The van der Waals surface area contributed by atoms with Crippen molar-refractivity contribution < 1.29 is 14.3 Å². The number of hydrogen-bond acceptors (Lipinski definition) is 4. The van der Waals surface area contributed by atoms with E-state index in [4.69, 9.17) is 4.74 Å². The smallest absolute Gasteiger partial charge is 0.254 e. The molecule has 1 fully saturated rings. The van der Waals surface area contributed by atoms with Crippen molar-refractivity contribution in [3.05, 3.63) is 34.2 Å². The molecule has 1 aliphatic heterocycles. The van der Waals surface area contributed by atoms with Gasteiger partial charge in [0, 0.05) is 52.0 Å². The number of aryl methyl sites for hydroxylation is 1. The third kappa shape index (κ3) is 4.03. The number of ether oxygens (including phenoxy) is 1. The van der Waals surface area contributed by atoms with Crippen LogP contribution in [0.15, 0.2) is 23.1 Å². The minimum Gasteiger partial charge on any atom is -0.379 e. The first kappa shape index (κ1) is 18.2. The van der Waals surface area contributed by atoms with Gasteiger partial charge < -0.3 is 19.5 Å². The Kier molecular flexibility index (Phi) is 6.14. The van der Waals surface area contributed by atoms with Gasteiger partial charge in [0.1, 0.15) is 0 Å². The molecule has 0 aromatic carbocycles. The lowest BCUT2D eigenvalue weighted by Crippen LogP contribution is -2.52. The van der Waals surface area contributed by atoms with E-state index in [0.29, 0.717) is 24.9 Å². The zero-order valence-electron chi connectivity index (χ0n) is 14.4. The van der Waals surface area contributed by atoms with E-state index in [2.05, 4.69) is 5.32 Å². The molecule has 2 atom stereocenters. The molecule has 1 saturated heterocycles. The molecule has 7 nitrogen and oxygen atoms in total. The number of aromatic nitrogens is 1. The van der Waals surface area contributed by atoms with Crippen molar-refractivity contribution in [1.29, 1.82) is 0 Å². The molecule has 2 amide bonds. The number of pyridine rings is 1. The van der Waals surface area contributed by atoms with E-state index >= 15 is 0 Å². The highest BCUT2D eigenvalue weighted by Gasteiger charge is 2.35. The van der Waals surface area contributed by atoms with Crippen LogP contribution in [0.5, 0.6) is 0 Å². The number of hydrogen-bond donors (Lipinski definition) is 1. The number of nitrogens with one attached hydrogen (secondary N) is 1. The van der Waals surface area contributed by atoms with Gasteiger partial charge in [-0.05, 0) is 25.3 Å². The van der Waals surface area contributed by atoms with Gasteiger partial charge in [-0.1, -0.05) is 0 Å². The van der Waals surface area contributed by atoms with E-state index in [1.165, 1.54) is 10.6 Å². The molecule has 1 aromatic rings. The molecule has 0 bridgehead atoms. The molecule has 24 heavy (non-hydrogen) atoms. The normalized spacial score (nSPS) is 20.7. The van der Waals surface area contributed by atoms with Crippen LogP contribution in [-0.4, -0.2) is 54.1 Å². The third-order valence-corrected chi connectivity index (χ3v) is 4.58. The van der Waals surface area contributed by atoms with Crippen molar-refractivity contribution in [2.24, 2.45) is 7.05 Å². The van der Waals surface area contributed by atoms with Crippen molar-refractivity contribution >= 4 is 11.8 Å². The maximum atomic E-state index is 12.9. The zero-order valence-corrected chi connectivity index (χ0v) is 14.4. The Morgan fingerprint density at radius 3 is 2.79 bits per heavy atom. The molecule has 0 saturated carbocycles. The number of methoxy groups -OCH3 is 1. The SMILES string of the molecule is CNC(=O)CC[C@H]1[C@@H](OC)CCCN1C(=O)c1ccn(C)c(=O)c1. The molecule has 132 valence electrons. The van der Waals surface area contributed by atoms with Gasteiger partial charge in [-0.25, -0.2) is 0 Å². The van der Waals surface area contributed by atoms with Crippen LogP contribution in [0, 0.1) is 0 Å². The third-order valence-electron chi connectivity index (χ3n) is 4.58. The van der Waals surface area contributed by atoms with Gasteiger partial charge in [0.05, 0.1) is 12.1 Å². The van der Waals surface area contributed by atoms with Gasteiger partial charge >= 0.3 is 0 Å². The Hall–Kier alpha value is -2.15. The maximum absolute atomic E-state index is 12.9. The minimum atomic E-state index is -0.219. The fourth-order valence-corrected chi connectivity index (χ4v) is 3.14. The van der Waals surface area contributed by atoms with Crippen LogP contribution >= 0.6 is 0 Å². The van der Waals surface area contributed by atoms with E-state index in [0.717, 1.165) is 12.8 Å². The van der Waals surface area contributed by atoms with Crippen molar-refractivity contribution in [2.75, 3.05) is 20.7 Å². The van der Waals surface area contributed by atoms with Crippen molar-refractivity contribution in [3.8, 4) is 0 Å². The first-order valence-corrected chi connectivity index (χ1v) is 8.19. The quantitative estimate of drug-likeness (QED) is 0.851. The van der Waals surface area contributed by atoms with E-state index in [1.54, 1.807) is 38.4 Å². The summed E-state index contributed by atoms with van der Waals surface area (Å²) in [7, 11) is 4.87. The summed E-state index contributed by atoms with van der Waals surface area (Å²) in [5.74, 6) is -0.243. The number of likely N-dealkylation sites (tertiary alicyclic amines) is 1. The van der Waals surface area contributed by atoms with E-state index in [-0.39, 0.29) is 29.5 Å². The van der Waals surface area contributed by atoms with Crippen LogP contribution in [-0.2, 0) is 16.6 Å². The summed E-state index contributed by atoms with van der Waals surface area (Å²) >= 11 is 0. The van der Waals surface area contributed by atoms with Crippen LogP contribution in [0.4, 0.5) is 0 Å². The van der Waals surface area contributed by atoms with Crippen molar-refractivity contribution in [2.45, 2.75) is 37.8 Å². The molecule has 0 spiro atoms. The lowest BCUT2D eigenvalue weighted by molar-refractivity contribution is -0.121. The molecule has 1 aromatic heterocycles. The van der Waals surface area contributed by atoms with Crippen LogP contribution in [0.3, 0.4) is 0 Å². The summed E-state index contributed by atoms with van der Waals surface area (Å²) in [6.07, 6.45) is 4.06. The number of piperidine rings is 1. The molecular formula is C17H25N3O4. The fourth-order valence-electron chi connectivity index (χ4n) is 3.14. The highest BCUT2D eigenvalue weighted by atomic mass is 16.5. The number of nitrogens with zero attached hydrogens (tertiary/aromatic N) is 2. The Morgan fingerprint density at radius 2 is 2.17 bits per heavy atom. The van der Waals surface area contributed by atoms with Gasteiger partial charge in [-0.2, -0.15) is 0 Å². The zero-order chi connectivity index (χ0) is 17.7. The van der Waals surface area contributed by atoms with Crippen molar-refractivity contribution in [1.82, 2.24) is 14.8 Å². The topological polar surface area (TPSA) is 80.6 Å². The van der Waals surface area contributed by atoms with Gasteiger partial charge in [0.15, 0.2) is 0 Å². The number of carbonyl (C=O) groups is 2. The van der Waals surface area contributed by atoms with Crippen LogP contribution < -0.4 is 10.9 Å². The Morgan fingerprint density at radius 1 is 1.42 bits per heavy atom. The predicted molar refractivity (Wildman–Crippen MR) is 89.8 cm³/mol. The molecule has 0 unspecified atom stereocenters. The highest BCUT2D eigenvalue weighted by Crippen LogP contribution is 2.25. The maximum Gasteiger partial charge on any atom is 0.254 e. The lowest BCUT2D eigenvalue weighted by Gasteiger charge is -2.40. The summed E-state index contributed by atoms with van der Waals surface area (Å²) < 4.78 is 6.96. The van der Waals surface area contributed by atoms with Crippen LogP contribution in [0.2, 0.25) is 0 Å². The Bertz CT molecular complexity index is 655. The van der Waals surface area contributed by atoms with Crippen LogP contribution in [0.25, 0.3) is 0 Å². The molecule has 2 heterocycles. The summed E-state index contributed by atoms with van der Waals surface area (Å²) in [5, 5.41) is 2.60. The molecule has 0 aliphatic carbocycles. The average molecular weight is 335 g/mol. The largest absolute Gasteiger partial charge is 0.379 e. The standard InChI is InChI=1S/C17H25N3O4/c1-18-15(21)7-6-13-14(24-3)5-4-9-20(13)17(23)12-8-10-19(2)16(22)11-12/h8,10-11,13-14H,4-7,9H2,1-3H3,(H,18,21)/t13-,14-/m0/s1. The summed E-state index contributed by atoms with van der Waals surface area (Å²) in [6.45, 7) is 0.603. The lowest BCUT2D eigenvalue weighted by atomic mass is 9.93.